The Morgan fingerprint density at radius 3 is 2.63 bits per heavy atom. The van der Waals surface area contributed by atoms with Crippen LogP contribution in [0.4, 0.5) is 4.39 Å². The van der Waals surface area contributed by atoms with E-state index in [2.05, 4.69) is 21.1 Å². The Morgan fingerprint density at radius 1 is 1.21 bits per heavy atom. The highest BCUT2D eigenvalue weighted by atomic mass is 79.9. The lowest BCUT2D eigenvalue weighted by Crippen LogP contribution is -2.14. The Bertz CT molecular complexity index is 634. The minimum absolute atomic E-state index is 0.117. The molecule has 2 rings (SSSR count). The van der Waals surface area contributed by atoms with Crippen LogP contribution in [0.2, 0.25) is 0 Å². The summed E-state index contributed by atoms with van der Waals surface area (Å²) in [5.41, 5.74) is 5.93. The predicted octanol–water partition coefficient (Wildman–Crippen LogP) is 3.83. The minimum Gasteiger partial charge on any atom is -0.409 e. The Labute approximate surface area is 122 Å². The number of nitrogens with zero attached hydrogens (tertiary/aromatic N) is 1. The summed E-state index contributed by atoms with van der Waals surface area (Å²) in [5.74, 6) is -0.549. The Hall–Kier alpha value is -1.53. The van der Waals surface area contributed by atoms with Crippen molar-refractivity contribution in [1.82, 2.24) is 0 Å². The van der Waals surface area contributed by atoms with E-state index in [0.29, 0.717) is 10.5 Å². The third-order valence-corrected chi connectivity index (χ3v) is 4.49. The number of oxime groups is 1. The zero-order valence-corrected chi connectivity index (χ0v) is 12.1. The molecule has 0 atom stereocenters. The topological polar surface area (TPSA) is 58.6 Å². The van der Waals surface area contributed by atoms with Gasteiger partial charge < -0.3 is 10.9 Å². The van der Waals surface area contributed by atoms with E-state index < -0.39 is 5.82 Å². The van der Waals surface area contributed by atoms with Gasteiger partial charge in [0.2, 0.25) is 0 Å². The average molecular weight is 341 g/mol. The average Bonchev–Trinajstić information content (AvgIpc) is 2.42. The van der Waals surface area contributed by atoms with Crippen molar-refractivity contribution in [2.45, 2.75) is 9.79 Å². The molecule has 6 heteroatoms. The molecule has 3 N–H and O–H groups in total. The van der Waals surface area contributed by atoms with Crippen molar-refractivity contribution in [1.29, 1.82) is 0 Å². The molecular formula is C13H10BrFN2OS. The molecule has 0 heterocycles. The SMILES string of the molecule is NC(=NO)c1cc(F)ccc1Sc1ccccc1Br. The minimum atomic E-state index is -0.432. The van der Waals surface area contributed by atoms with Gasteiger partial charge in [0.15, 0.2) is 5.84 Å². The lowest BCUT2D eigenvalue weighted by atomic mass is 10.2. The number of amidine groups is 1. The quantitative estimate of drug-likeness (QED) is 0.386. The maximum absolute atomic E-state index is 13.3. The first kappa shape index (κ1) is 13.9. The van der Waals surface area contributed by atoms with Crippen molar-refractivity contribution < 1.29 is 9.60 Å². The number of nitrogens with two attached hydrogens (primary N) is 1. The number of hydrogen-bond acceptors (Lipinski definition) is 3. The molecule has 0 fully saturated rings. The molecule has 0 amide bonds. The molecule has 0 saturated heterocycles. The summed E-state index contributed by atoms with van der Waals surface area (Å²) < 4.78 is 14.2. The second-order valence-corrected chi connectivity index (χ2v) is 5.60. The van der Waals surface area contributed by atoms with Gasteiger partial charge in [-0.1, -0.05) is 29.1 Å². The van der Waals surface area contributed by atoms with E-state index in [4.69, 9.17) is 10.9 Å². The molecule has 0 aliphatic heterocycles. The summed E-state index contributed by atoms with van der Waals surface area (Å²) in [6.45, 7) is 0. The van der Waals surface area contributed by atoms with Gasteiger partial charge in [-0.25, -0.2) is 4.39 Å². The number of halogens is 2. The summed E-state index contributed by atoms with van der Waals surface area (Å²) in [6, 6.07) is 11.8. The summed E-state index contributed by atoms with van der Waals surface area (Å²) >= 11 is 4.85. The zero-order chi connectivity index (χ0) is 13.8. The van der Waals surface area contributed by atoms with E-state index in [9.17, 15) is 4.39 Å². The highest BCUT2D eigenvalue weighted by Crippen LogP contribution is 2.35. The Balaban J connectivity index is 2.43. The van der Waals surface area contributed by atoms with Crippen LogP contribution >= 0.6 is 27.7 Å². The molecule has 0 radical (unpaired) electrons. The van der Waals surface area contributed by atoms with Gasteiger partial charge in [0.05, 0.1) is 0 Å². The molecule has 2 aromatic carbocycles. The van der Waals surface area contributed by atoms with Crippen LogP contribution in [0.1, 0.15) is 5.56 Å². The van der Waals surface area contributed by atoms with Gasteiger partial charge in [0, 0.05) is 19.8 Å². The first-order valence-corrected chi connectivity index (χ1v) is 6.92. The second kappa shape index (κ2) is 6.08. The van der Waals surface area contributed by atoms with E-state index in [-0.39, 0.29) is 5.84 Å². The summed E-state index contributed by atoms with van der Waals surface area (Å²) in [5, 5.41) is 11.7. The van der Waals surface area contributed by atoms with Crippen molar-refractivity contribution >= 4 is 33.5 Å². The van der Waals surface area contributed by atoms with Crippen molar-refractivity contribution in [2.75, 3.05) is 0 Å². The predicted molar refractivity (Wildman–Crippen MR) is 77.2 cm³/mol. The standard InChI is InChI=1S/C13H10BrFN2OS/c14-10-3-1-2-4-12(10)19-11-6-5-8(15)7-9(11)13(16)17-18/h1-7,18H,(H2,16,17). The van der Waals surface area contributed by atoms with Crippen LogP contribution in [0.15, 0.2) is 61.9 Å². The monoisotopic (exact) mass is 340 g/mol. The molecule has 0 aliphatic carbocycles. The fraction of sp³-hybridized carbons (Fsp3) is 0. The summed E-state index contributed by atoms with van der Waals surface area (Å²) in [7, 11) is 0. The number of rotatable bonds is 3. The van der Waals surface area contributed by atoms with Crippen LogP contribution in [0.3, 0.4) is 0 Å². The second-order valence-electron chi connectivity index (χ2n) is 3.66. The van der Waals surface area contributed by atoms with Gasteiger partial charge in [-0.05, 0) is 46.3 Å². The fourth-order valence-electron chi connectivity index (χ4n) is 1.49. The molecule has 2 aromatic rings. The smallest absolute Gasteiger partial charge is 0.171 e. The highest BCUT2D eigenvalue weighted by Gasteiger charge is 2.11. The lowest BCUT2D eigenvalue weighted by Gasteiger charge is -2.09. The summed E-state index contributed by atoms with van der Waals surface area (Å²) in [4.78, 5) is 1.67. The van der Waals surface area contributed by atoms with Gasteiger partial charge in [0.25, 0.3) is 0 Å². The van der Waals surface area contributed by atoms with E-state index in [1.807, 2.05) is 24.3 Å². The van der Waals surface area contributed by atoms with Gasteiger partial charge in [-0.15, -0.1) is 0 Å². The molecule has 0 bridgehead atoms. The molecular weight excluding hydrogens is 331 g/mol. The van der Waals surface area contributed by atoms with Crippen LogP contribution in [-0.2, 0) is 0 Å². The van der Waals surface area contributed by atoms with Gasteiger partial charge in [-0.2, -0.15) is 0 Å². The maximum Gasteiger partial charge on any atom is 0.171 e. The van der Waals surface area contributed by atoms with E-state index in [1.54, 1.807) is 6.07 Å². The van der Waals surface area contributed by atoms with Crippen molar-refractivity contribution in [3.05, 3.63) is 58.3 Å². The molecule has 98 valence electrons. The number of benzene rings is 2. The first-order valence-electron chi connectivity index (χ1n) is 5.31. The van der Waals surface area contributed by atoms with E-state index in [0.717, 1.165) is 9.37 Å². The molecule has 0 aliphatic rings. The van der Waals surface area contributed by atoms with Crippen LogP contribution in [-0.4, -0.2) is 11.0 Å². The molecule has 19 heavy (non-hydrogen) atoms. The van der Waals surface area contributed by atoms with Crippen LogP contribution in [0.5, 0.6) is 0 Å². The molecule has 3 nitrogen and oxygen atoms in total. The largest absolute Gasteiger partial charge is 0.409 e. The van der Waals surface area contributed by atoms with Gasteiger partial charge in [0.1, 0.15) is 5.82 Å². The molecule has 0 unspecified atom stereocenters. The van der Waals surface area contributed by atoms with Gasteiger partial charge in [-0.3, -0.25) is 0 Å². The van der Waals surface area contributed by atoms with Crippen LogP contribution in [0, 0.1) is 5.82 Å². The van der Waals surface area contributed by atoms with Crippen LogP contribution < -0.4 is 5.73 Å². The van der Waals surface area contributed by atoms with Crippen molar-refractivity contribution in [3.8, 4) is 0 Å². The van der Waals surface area contributed by atoms with E-state index >= 15 is 0 Å². The zero-order valence-electron chi connectivity index (χ0n) is 9.68. The maximum atomic E-state index is 13.3. The molecule has 0 aromatic heterocycles. The third kappa shape index (κ3) is 3.27. The first-order chi connectivity index (χ1) is 9.11. The van der Waals surface area contributed by atoms with Gasteiger partial charge >= 0.3 is 0 Å². The van der Waals surface area contributed by atoms with Crippen molar-refractivity contribution in [2.24, 2.45) is 10.9 Å². The number of hydrogen-bond donors (Lipinski definition) is 2. The lowest BCUT2D eigenvalue weighted by molar-refractivity contribution is 0.318. The fourth-order valence-corrected chi connectivity index (χ4v) is 2.98. The molecule has 0 spiro atoms. The normalized spacial score (nSPS) is 11.6. The van der Waals surface area contributed by atoms with Crippen LogP contribution in [0.25, 0.3) is 0 Å². The Kier molecular flexibility index (Phi) is 4.44. The third-order valence-electron chi connectivity index (χ3n) is 2.38. The Morgan fingerprint density at radius 2 is 1.95 bits per heavy atom. The van der Waals surface area contributed by atoms with E-state index in [1.165, 1.54) is 23.9 Å². The van der Waals surface area contributed by atoms with Crippen molar-refractivity contribution in [3.63, 3.8) is 0 Å². The molecule has 0 saturated carbocycles. The highest BCUT2D eigenvalue weighted by molar-refractivity contribution is 9.10. The summed E-state index contributed by atoms with van der Waals surface area (Å²) in [6.07, 6.45) is 0.